The van der Waals surface area contributed by atoms with Crippen LogP contribution in [0, 0.1) is 11.3 Å². The smallest absolute Gasteiger partial charge is 0.253 e. The number of amides is 2. The van der Waals surface area contributed by atoms with Crippen LogP contribution in [-0.4, -0.2) is 54.8 Å². The molecule has 37 heavy (non-hydrogen) atoms. The lowest BCUT2D eigenvalue weighted by atomic mass is 9.93. The van der Waals surface area contributed by atoms with Crippen LogP contribution in [0.25, 0.3) is 0 Å². The molecule has 4 N–H and O–H groups in total. The molecule has 4 rings (SSSR count). The zero-order chi connectivity index (χ0) is 26.4. The van der Waals surface area contributed by atoms with E-state index in [0.717, 1.165) is 22.9 Å². The summed E-state index contributed by atoms with van der Waals surface area (Å²) in [5.41, 5.74) is 1.71. The Morgan fingerprint density at radius 2 is 2.11 bits per heavy atom. The monoisotopic (exact) mass is 569 g/mol. The van der Waals surface area contributed by atoms with Gasteiger partial charge < -0.3 is 26.1 Å². The number of halogens is 2. The van der Waals surface area contributed by atoms with Crippen LogP contribution in [0.5, 0.6) is 0 Å². The Hall–Kier alpha value is -3.85. The zero-order valence-corrected chi connectivity index (χ0v) is 21.3. The van der Waals surface area contributed by atoms with Gasteiger partial charge in [-0.25, -0.2) is 9.38 Å². The fourth-order valence-electron chi connectivity index (χ4n) is 3.93. The highest BCUT2D eigenvalue weighted by molar-refractivity contribution is 9.10. The number of nitriles is 1. The Morgan fingerprint density at radius 3 is 2.78 bits per heavy atom. The number of hydrogen-bond donors (Lipinski definition) is 4. The van der Waals surface area contributed by atoms with Crippen molar-refractivity contribution < 1.29 is 18.8 Å². The van der Waals surface area contributed by atoms with Crippen LogP contribution in [0.4, 0.5) is 10.1 Å². The van der Waals surface area contributed by atoms with Gasteiger partial charge in [0, 0.05) is 17.1 Å². The minimum absolute atomic E-state index is 0.0356. The number of rotatable bonds is 9. The first kappa shape index (κ1) is 26.2. The molecule has 1 aromatic carbocycles. The minimum Gasteiger partial charge on any atom is -0.353 e. The third-order valence-corrected chi connectivity index (χ3v) is 6.58. The van der Waals surface area contributed by atoms with Gasteiger partial charge in [-0.1, -0.05) is 22.0 Å². The Bertz CT molecular complexity index is 1280. The third kappa shape index (κ3) is 6.68. The Balaban J connectivity index is 1.36. The molecule has 0 radical (unpaired) electrons. The van der Waals surface area contributed by atoms with Crippen LogP contribution in [0.2, 0.25) is 0 Å². The van der Waals surface area contributed by atoms with Gasteiger partial charge in [-0.2, -0.15) is 5.26 Å². The minimum atomic E-state index is -1.05. The quantitative estimate of drug-likeness (QED) is 0.338. The molecule has 2 atom stereocenters. The highest BCUT2D eigenvalue weighted by Gasteiger charge is 2.45. The SMILES string of the molecule is N#CC1(c2cc(Br)cc([C@H](CC=O)NC(=O)CNC(=O)c3cncc(NC4=NCC(F)CN4)c3)c2)CC1. The Labute approximate surface area is 221 Å². The van der Waals surface area contributed by atoms with Gasteiger partial charge in [-0.05, 0) is 42.2 Å². The van der Waals surface area contributed by atoms with Crippen LogP contribution in [0.3, 0.4) is 0 Å². The van der Waals surface area contributed by atoms with Crippen molar-refractivity contribution in [2.24, 2.45) is 4.99 Å². The van der Waals surface area contributed by atoms with Crippen molar-refractivity contribution in [2.45, 2.75) is 36.9 Å². The summed E-state index contributed by atoms with van der Waals surface area (Å²) in [6.45, 7) is -0.134. The second-order valence-electron chi connectivity index (χ2n) is 8.93. The summed E-state index contributed by atoms with van der Waals surface area (Å²) < 4.78 is 14.0. The first-order valence-electron chi connectivity index (χ1n) is 11.7. The largest absolute Gasteiger partial charge is 0.353 e. The molecule has 1 aliphatic heterocycles. The number of pyridine rings is 1. The summed E-state index contributed by atoms with van der Waals surface area (Å²) >= 11 is 3.46. The molecule has 192 valence electrons. The van der Waals surface area contributed by atoms with Crippen LogP contribution in [0.15, 0.2) is 46.1 Å². The van der Waals surface area contributed by atoms with Crippen molar-refractivity contribution in [3.8, 4) is 6.07 Å². The van der Waals surface area contributed by atoms with Gasteiger partial charge in [0.05, 0.1) is 54.6 Å². The highest BCUT2D eigenvalue weighted by Crippen LogP contribution is 2.48. The summed E-state index contributed by atoms with van der Waals surface area (Å²) in [5.74, 6) is -0.617. The van der Waals surface area contributed by atoms with Crippen LogP contribution in [0.1, 0.15) is 46.8 Å². The van der Waals surface area contributed by atoms with Gasteiger partial charge in [0.1, 0.15) is 12.5 Å². The molecule has 2 heterocycles. The fraction of sp³-hybridized carbons (Fsp3) is 0.360. The van der Waals surface area contributed by atoms with E-state index >= 15 is 0 Å². The van der Waals surface area contributed by atoms with E-state index in [1.54, 1.807) is 6.07 Å². The molecule has 10 nitrogen and oxygen atoms in total. The van der Waals surface area contributed by atoms with Crippen molar-refractivity contribution in [2.75, 3.05) is 25.0 Å². The van der Waals surface area contributed by atoms with E-state index in [0.29, 0.717) is 23.5 Å². The molecule has 0 spiro atoms. The van der Waals surface area contributed by atoms with E-state index in [4.69, 9.17) is 0 Å². The Kier molecular flexibility index (Phi) is 8.13. The van der Waals surface area contributed by atoms with Crippen molar-refractivity contribution >= 4 is 45.7 Å². The fourth-order valence-corrected chi connectivity index (χ4v) is 4.44. The second-order valence-corrected chi connectivity index (χ2v) is 9.84. The number of carbonyl (C=O) groups excluding carboxylic acids is 3. The predicted octanol–water partition coefficient (Wildman–Crippen LogP) is 2.28. The molecule has 2 amide bonds. The molecule has 2 aliphatic rings. The number of anilines is 1. The van der Waals surface area contributed by atoms with Gasteiger partial charge in [0.25, 0.3) is 5.91 Å². The zero-order valence-electron chi connectivity index (χ0n) is 19.8. The standard InChI is InChI=1S/C25H25BrFN7O3/c26-18-6-15(5-17(8-18)25(14-28)2-3-25)21(1-4-35)34-22(36)13-30-23(37)16-7-20(12-29-9-16)33-24-31-10-19(27)11-32-24/h4-9,12,19,21H,1-3,10-11,13H2,(H,30,37)(H,34,36)(H2,31,32,33)/t21-/m0/s1. The molecule has 1 fully saturated rings. The van der Waals surface area contributed by atoms with Gasteiger partial charge in [0.2, 0.25) is 5.91 Å². The van der Waals surface area contributed by atoms with E-state index in [1.807, 2.05) is 12.1 Å². The van der Waals surface area contributed by atoms with Gasteiger partial charge in [-0.3, -0.25) is 14.6 Å². The lowest BCUT2D eigenvalue weighted by Gasteiger charge is -2.20. The maximum atomic E-state index is 13.2. The average Bonchev–Trinajstić information content (AvgIpc) is 3.70. The number of alkyl halides is 1. The number of nitrogens with one attached hydrogen (secondary N) is 4. The maximum Gasteiger partial charge on any atom is 0.253 e. The van der Waals surface area contributed by atoms with Gasteiger partial charge >= 0.3 is 0 Å². The lowest BCUT2D eigenvalue weighted by Crippen LogP contribution is -2.41. The first-order chi connectivity index (χ1) is 17.8. The number of hydrogen-bond acceptors (Lipinski definition) is 8. The van der Waals surface area contributed by atoms with E-state index in [1.165, 1.54) is 18.5 Å². The van der Waals surface area contributed by atoms with Crippen LogP contribution in [-0.2, 0) is 15.0 Å². The number of aldehydes is 1. The van der Waals surface area contributed by atoms with Crippen LogP contribution < -0.4 is 21.3 Å². The molecule has 1 aromatic heterocycles. The number of carbonyl (C=O) groups is 3. The molecule has 0 bridgehead atoms. The Morgan fingerprint density at radius 1 is 1.30 bits per heavy atom. The summed E-state index contributed by atoms with van der Waals surface area (Å²) in [4.78, 5) is 44.6. The molecule has 2 aromatic rings. The molecule has 1 saturated carbocycles. The summed E-state index contributed by atoms with van der Waals surface area (Å²) in [6.07, 6.45) is 4.08. The number of aliphatic imine (C=N–C) groups is 1. The van der Waals surface area contributed by atoms with E-state index < -0.39 is 29.4 Å². The number of nitrogens with zero attached hydrogens (tertiary/aromatic N) is 3. The van der Waals surface area contributed by atoms with Crippen LogP contribution >= 0.6 is 15.9 Å². The number of guanidine groups is 1. The summed E-state index contributed by atoms with van der Waals surface area (Å²) in [7, 11) is 0. The summed E-state index contributed by atoms with van der Waals surface area (Å²) in [5, 5.41) is 20.6. The molecule has 1 unspecified atom stereocenters. The molecule has 12 heteroatoms. The van der Waals surface area contributed by atoms with E-state index in [-0.39, 0.29) is 31.6 Å². The normalized spacial score (nSPS) is 18.3. The molecular formula is C25H25BrFN7O3. The van der Waals surface area contributed by atoms with Crippen molar-refractivity contribution in [3.63, 3.8) is 0 Å². The molecular weight excluding hydrogens is 545 g/mol. The number of aromatic nitrogens is 1. The van der Waals surface area contributed by atoms with Crippen molar-refractivity contribution in [1.82, 2.24) is 20.9 Å². The first-order valence-corrected chi connectivity index (χ1v) is 12.5. The number of benzene rings is 1. The second kappa shape index (κ2) is 11.5. The lowest BCUT2D eigenvalue weighted by molar-refractivity contribution is -0.121. The average molecular weight is 570 g/mol. The van der Waals surface area contributed by atoms with Crippen molar-refractivity contribution in [3.05, 3.63) is 57.8 Å². The van der Waals surface area contributed by atoms with E-state index in [9.17, 15) is 24.0 Å². The predicted molar refractivity (Wildman–Crippen MR) is 138 cm³/mol. The van der Waals surface area contributed by atoms with Gasteiger partial charge in [0.15, 0.2) is 5.96 Å². The third-order valence-electron chi connectivity index (χ3n) is 6.12. The topological polar surface area (TPSA) is 148 Å². The summed E-state index contributed by atoms with van der Waals surface area (Å²) in [6, 6.07) is 8.79. The maximum absolute atomic E-state index is 13.2. The molecule has 0 saturated heterocycles. The molecule has 1 aliphatic carbocycles. The highest BCUT2D eigenvalue weighted by atomic mass is 79.9. The van der Waals surface area contributed by atoms with E-state index in [2.05, 4.69) is 53.2 Å². The van der Waals surface area contributed by atoms with Gasteiger partial charge in [-0.15, -0.1) is 0 Å². The van der Waals surface area contributed by atoms with Crippen molar-refractivity contribution in [1.29, 1.82) is 5.26 Å².